The van der Waals surface area contributed by atoms with Crippen LogP contribution >= 0.6 is 22.9 Å². The second-order valence-corrected chi connectivity index (χ2v) is 6.74. The minimum atomic E-state index is 0.161. The molecule has 1 rings (SSSR count). The van der Waals surface area contributed by atoms with E-state index in [9.17, 15) is 0 Å². The van der Waals surface area contributed by atoms with Crippen molar-refractivity contribution in [3.63, 3.8) is 0 Å². The van der Waals surface area contributed by atoms with Gasteiger partial charge in [-0.2, -0.15) is 0 Å². The lowest BCUT2D eigenvalue weighted by Gasteiger charge is -2.37. The topological polar surface area (TPSA) is 29.3 Å². The van der Waals surface area contributed by atoms with Gasteiger partial charge in [-0.15, -0.1) is 11.3 Å². The lowest BCUT2D eigenvalue weighted by atomic mass is 10.0. The standard InChI is InChI=1S/C14H25ClN2S/c1-5-9-17(10(3)4)14(11(16)6-2)12-7-8-13(15)18-12/h7-8,10-11,14H,5-6,9,16H2,1-4H3. The van der Waals surface area contributed by atoms with Gasteiger partial charge >= 0.3 is 0 Å². The molecule has 1 heterocycles. The summed E-state index contributed by atoms with van der Waals surface area (Å²) in [6.07, 6.45) is 2.12. The Bertz CT molecular complexity index is 351. The molecule has 0 spiro atoms. The zero-order valence-corrected chi connectivity index (χ0v) is 13.4. The molecule has 0 aliphatic heterocycles. The smallest absolute Gasteiger partial charge is 0.0931 e. The van der Waals surface area contributed by atoms with Crippen molar-refractivity contribution >= 4 is 22.9 Å². The Morgan fingerprint density at radius 1 is 1.33 bits per heavy atom. The molecule has 0 bridgehead atoms. The number of rotatable bonds is 7. The molecule has 0 aliphatic carbocycles. The van der Waals surface area contributed by atoms with Crippen LogP contribution in [0.5, 0.6) is 0 Å². The van der Waals surface area contributed by atoms with Gasteiger partial charge in [-0.1, -0.05) is 25.4 Å². The third-order valence-electron chi connectivity index (χ3n) is 3.26. The van der Waals surface area contributed by atoms with Crippen LogP contribution in [-0.2, 0) is 0 Å². The lowest BCUT2D eigenvalue weighted by Crippen LogP contribution is -2.44. The molecule has 1 aromatic rings. The van der Waals surface area contributed by atoms with Gasteiger partial charge in [0.2, 0.25) is 0 Å². The molecule has 0 amide bonds. The molecule has 0 saturated carbocycles. The van der Waals surface area contributed by atoms with Gasteiger partial charge < -0.3 is 5.73 Å². The molecule has 104 valence electrons. The Morgan fingerprint density at radius 3 is 2.39 bits per heavy atom. The van der Waals surface area contributed by atoms with Crippen molar-refractivity contribution in [3.8, 4) is 0 Å². The van der Waals surface area contributed by atoms with Crippen molar-refractivity contribution < 1.29 is 0 Å². The average Bonchev–Trinajstić information content (AvgIpc) is 2.74. The summed E-state index contributed by atoms with van der Waals surface area (Å²) in [5.74, 6) is 0. The van der Waals surface area contributed by atoms with Crippen LogP contribution in [0.3, 0.4) is 0 Å². The molecule has 18 heavy (non-hydrogen) atoms. The van der Waals surface area contributed by atoms with Crippen molar-refractivity contribution in [1.29, 1.82) is 0 Å². The number of nitrogens with zero attached hydrogens (tertiary/aromatic N) is 1. The molecule has 2 nitrogen and oxygen atoms in total. The normalized spacial score (nSPS) is 15.3. The highest BCUT2D eigenvalue weighted by Crippen LogP contribution is 2.34. The SMILES string of the molecule is CCCN(C(C)C)C(c1ccc(Cl)s1)C(N)CC. The minimum absolute atomic E-state index is 0.161. The van der Waals surface area contributed by atoms with E-state index in [1.165, 1.54) is 4.88 Å². The molecule has 2 atom stereocenters. The number of halogens is 1. The number of thiophene rings is 1. The Labute approximate surface area is 120 Å². The van der Waals surface area contributed by atoms with Crippen LogP contribution in [0.15, 0.2) is 12.1 Å². The minimum Gasteiger partial charge on any atom is -0.326 e. The Hall–Kier alpha value is -0.0900. The molecule has 0 fully saturated rings. The first-order valence-electron chi connectivity index (χ1n) is 6.77. The quantitative estimate of drug-likeness (QED) is 0.810. The Kier molecular flexibility index (Phi) is 6.64. The number of hydrogen-bond acceptors (Lipinski definition) is 3. The molecule has 4 heteroatoms. The van der Waals surface area contributed by atoms with Gasteiger partial charge in [0, 0.05) is 17.0 Å². The number of nitrogens with two attached hydrogens (primary N) is 1. The van der Waals surface area contributed by atoms with Gasteiger partial charge in [0.25, 0.3) is 0 Å². The molecule has 0 aromatic carbocycles. The Morgan fingerprint density at radius 2 is 2.00 bits per heavy atom. The van der Waals surface area contributed by atoms with E-state index in [1.807, 2.05) is 6.07 Å². The van der Waals surface area contributed by atoms with Crippen LogP contribution in [-0.4, -0.2) is 23.5 Å². The Balaban J connectivity index is 3.02. The van der Waals surface area contributed by atoms with Crippen LogP contribution in [0.25, 0.3) is 0 Å². The van der Waals surface area contributed by atoms with Crippen LogP contribution < -0.4 is 5.73 Å². The van der Waals surface area contributed by atoms with Gasteiger partial charge in [0.05, 0.1) is 10.4 Å². The summed E-state index contributed by atoms with van der Waals surface area (Å²) in [5, 5.41) is 0. The summed E-state index contributed by atoms with van der Waals surface area (Å²) >= 11 is 7.73. The van der Waals surface area contributed by atoms with Gasteiger partial charge in [-0.05, 0) is 45.4 Å². The largest absolute Gasteiger partial charge is 0.326 e. The first-order valence-corrected chi connectivity index (χ1v) is 7.97. The summed E-state index contributed by atoms with van der Waals surface area (Å²) < 4.78 is 0.846. The summed E-state index contributed by atoms with van der Waals surface area (Å²) in [6.45, 7) is 9.91. The second kappa shape index (κ2) is 7.49. The van der Waals surface area contributed by atoms with Crippen LogP contribution in [0.2, 0.25) is 4.34 Å². The van der Waals surface area contributed by atoms with E-state index in [-0.39, 0.29) is 12.1 Å². The fraction of sp³-hybridized carbons (Fsp3) is 0.714. The van der Waals surface area contributed by atoms with E-state index < -0.39 is 0 Å². The zero-order chi connectivity index (χ0) is 13.7. The number of hydrogen-bond donors (Lipinski definition) is 1. The highest BCUT2D eigenvalue weighted by atomic mass is 35.5. The zero-order valence-electron chi connectivity index (χ0n) is 11.8. The van der Waals surface area contributed by atoms with Crippen LogP contribution in [0.1, 0.15) is 51.5 Å². The van der Waals surface area contributed by atoms with Gasteiger partial charge in [0.15, 0.2) is 0 Å². The second-order valence-electron chi connectivity index (χ2n) is 4.99. The maximum absolute atomic E-state index is 6.35. The van der Waals surface area contributed by atoms with E-state index in [4.69, 9.17) is 17.3 Å². The van der Waals surface area contributed by atoms with Crippen molar-refractivity contribution in [2.45, 2.75) is 58.7 Å². The molecule has 2 unspecified atom stereocenters. The molecule has 0 radical (unpaired) electrons. The fourth-order valence-corrected chi connectivity index (χ4v) is 3.57. The van der Waals surface area contributed by atoms with Crippen LogP contribution in [0, 0.1) is 0 Å². The van der Waals surface area contributed by atoms with E-state index in [0.29, 0.717) is 6.04 Å². The van der Waals surface area contributed by atoms with Crippen molar-refractivity contribution in [1.82, 2.24) is 4.90 Å². The first-order chi connectivity index (χ1) is 8.51. The van der Waals surface area contributed by atoms with Crippen molar-refractivity contribution in [2.75, 3.05) is 6.54 Å². The van der Waals surface area contributed by atoms with E-state index in [1.54, 1.807) is 11.3 Å². The average molecular weight is 289 g/mol. The predicted octanol–water partition coefficient (Wildman–Crippen LogP) is 4.30. The maximum Gasteiger partial charge on any atom is 0.0931 e. The molecule has 2 N–H and O–H groups in total. The summed E-state index contributed by atoms with van der Waals surface area (Å²) in [7, 11) is 0. The van der Waals surface area contributed by atoms with Gasteiger partial charge in [-0.3, -0.25) is 4.90 Å². The molecular formula is C14H25ClN2S. The van der Waals surface area contributed by atoms with E-state index in [0.717, 1.165) is 23.7 Å². The van der Waals surface area contributed by atoms with Gasteiger partial charge in [-0.25, -0.2) is 0 Å². The molecule has 0 aliphatic rings. The highest BCUT2D eigenvalue weighted by Gasteiger charge is 2.28. The fourth-order valence-electron chi connectivity index (χ4n) is 2.31. The first kappa shape index (κ1) is 16.0. The maximum atomic E-state index is 6.35. The highest BCUT2D eigenvalue weighted by molar-refractivity contribution is 7.16. The molecular weight excluding hydrogens is 264 g/mol. The van der Waals surface area contributed by atoms with Crippen molar-refractivity contribution in [3.05, 3.63) is 21.3 Å². The third-order valence-corrected chi connectivity index (χ3v) is 4.57. The van der Waals surface area contributed by atoms with Gasteiger partial charge in [0.1, 0.15) is 0 Å². The molecule has 0 saturated heterocycles. The van der Waals surface area contributed by atoms with E-state index in [2.05, 4.69) is 38.7 Å². The van der Waals surface area contributed by atoms with Crippen LogP contribution in [0.4, 0.5) is 0 Å². The summed E-state index contributed by atoms with van der Waals surface area (Å²) in [6, 6.07) is 5.04. The predicted molar refractivity (Wildman–Crippen MR) is 82.5 cm³/mol. The summed E-state index contributed by atoms with van der Waals surface area (Å²) in [5.41, 5.74) is 6.35. The lowest BCUT2D eigenvalue weighted by molar-refractivity contribution is 0.132. The monoisotopic (exact) mass is 288 g/mol. The van der Waals surface area contributed by atoms with Crippen molar-refractivity contribution in [2.24, 2.45) is 5.73 Å². The molecule has 1 aromatic heterocycles. The van der Waals surface area contributed by atoms with E-state index >= 15 is 0 Å². The third kappa shape index (κ3) is 3.95. The summed E-state index contributed by atoms with van der Waals surface area (Å²) in [4.78, 5) is 3.78.